The van der Waals surface area contributed by atoms with Crippen LogP contribution in [0, 0.1) is 13.8 Å². The zero-order chi connectivity index (χ0) is 13.1. The molecule has 0 unspecified atom stereocenters. The second kappa shape index (κ2) is 5.27. The monoisotopic (exact) mass is 258 g/mol. The first-order valence-electron chi connectivity index (χ1n) is 5.65. The van der Waals surface area contributed by atoms with Gasteiger partial charge in [0.1, 0.15) is 0 Å². The highest BCUT2D eigenvalue weighted by molar-refractivity contribution is 7.99. The van der Waals surface area contributed by atoms with Crippen molar-refractivity contribution < 1.29 is 9.90 Å². The fourth-order valence-corrected chi connectivity index (χ4v) is 2.65. The van der Waals surface area contributed by atoms with Crippen LogP contribution in [-0.2, 0) is 0 Å². The van der Waals surface area contributed by atoms with E-state index in [0.717, 1.165) is 10.5 Å². The molecule has 0 aliphatic heterocycles. The van der Waals surface area contributed by atoms with Crippen LogP contribution < -0.4 is 0 Å². The Morgan fingerprint density at radius 3 is 2.28 bits per heavy atom. The summed E-state index contributed by atoms with van der Waals surface area (Å²) in [4.78, 5) is 13.2. The summed E-state index contributed by atoms with van der Waals surface area (Å²) in [6.07, 6.45) is 0. The molecule has 0 amide bonds. The van der Waals surface area contributed by atoms with Crippen molar-refractivity contribution in [3.05, 3.63) is 59.2 Å². The zero-order valence-electron chi connectivity index (χ0n) is 10.3. The molecule has 1 N–H and O–H groups in total. The zero-order valence-corrected chi connectivity index (χ0v) is 11.1. The number of aromatic carboxylic acids is 1. The van der Waals surface area contributed by atoms with Gasteiger partial charge in [-0.25, -0.2) is 4.79 Å². The largest absolute Gasteiger partial charge is 0.478 e. The summed E-state index contributed by atoms with van der Waals surface area (Å²) in [6, 6.07) is 13.4. The van der Waals surface area contributed by atoms with Crippen LogP contribution in [0.15, 0.2) is 52.3 Å². The van der Waals surface area contributed by atoms with E-state index < -0.39 is 5.97 Å². The van der Waals surface area contributed by atoms with E-state index in [4.69, 9.17) is 5.11 Å². The standard InChI is InChI=1S/C15H14O2S/c1-10-5-3-4-6-13(10)18-14-8-7-12(15(16)17)9-11(14)2/h3-9H,1-2H3,(H,16,17). The highest BCUT2D eigenvalue weighted by Crippen LogP contribution is 2.32. The molecule has 0 aromatic heterocycles. The predicted octanol–water partition coefficient (Wildman–Crippen LogP) is 4.15. The molecule has 3 heteroatoms. The lowest BCUT2D eigenvalue weighted by Gasteiger charge is -2.08. The minimum absolute atomic E-state index is 0.335. The fraction of sp³-hybridized carbons (Fsp3) is 0.133. The van der Waals surface area contributed by atoms with Gasteiger partial charge in [-0.15, -0.1) is 0 Å². The van der Waals surface area contributed by atoms with Crippen molar-refractivity contribution in [2.75, 3.05) is 0 Å². The molecule has 0 atom stereocenters. The summed E-state index contributed by atoms with van der Waals surface area (Å²) in [7, 11) is 0. The molecule has 0 aliphatic rings. The second-order valence-electron chi connectivity index (χ2n) is 4.15. The van der Waals surface area contributed by atoms with Gasteiger partial charge in [0, 0.05) is 9.79 Å². The van der Waals surface area contributed by atoms with Crippen molar-refractivity contribution in [2.24, 2.45) is 0 Å². The fourth-order valence-electron chi connectivity index (χ4n) is 1.69. The van der Waals surface area contributed by atoms with E-state index in [1.807, 2.05) is 25.1 Å². The molecule has 2 aromatic rings. The Morgan fingerprint density at radius 2 is 1.67 bits per heavy atom. The van der Waals surface area contributed by atoms with E-state index in [2.05, 4.69) is 19.1 Å². The Balaban J connectivity index is 2.30. The van der Waals surface area contributed by atoms with Gasteiger partial charge in [0.25, 0.3) is 0 Å². The van der Waals surface area contributed by atoms with Crippen LogP contribution in [0.5, 0.6) is 0 Å². The van der Waals surface area contributed by atoms with Crippen molar-refractivity contribution in [3.8, 4) is 0 Å². The molecule has 0 spiro atoms. The molecule has 2 rings (SSSR count). The summed E-state index contributed by atoms with van der Waals surface area (Å²) in [5.41, 5.74) is 2.55. The first-order valence-corrected chi connectivity index (χ1v) is 6.47. The normalized spacial score (nSPS) is 10.3. The van der Waals surface area contributed by atoms with Gasteiger partial charge in [-0.3, -0.25) is 0 Å². The average Bonchev–Trinajstić information content (AvgIpc) is 2.34. The number of hydrogen-bond acceptors (Lipinski definition) is 2. The van der Waals surface area contributed by atoms with Crippen LogP contribution in [0.1, 0.15) is 21.5 Å². The number of aryl methyl sites for hydroxylation is 2. The summed E-state index contributed by atoms with van der Waals surface area (Å²) in [6.45, 7) is 4.01. The lowest BCUT2D eigenvalue weighted by atomic mass is 10.1. The van der Waals surface area contributed by atoms with E-state index in [1.54, 1.807) is 23.9 Å². The first-order chi connectivity index (χ1) is 8.58. The molecule has 0 fully saturated rings. The number of carbonyl (C=O) groups is 1. The van der Waals surface area contributed by atoms with Gasteiger partial charge in [0.05, 0.1) is 5.56 Å². The topological polar surface area (TPSA) is 37.3 Å². The third-order valence-corrected chi connectivity index (χ3v) is 4.09. The second-order valence-corrected chi connectivity index (χ2v) is 5.24. The minimum atomic E-state index is -0.884. The van der Waals surface area contributed by atoms with Crippen LogP contribution in [0.25, 0.3) is 0 Å². The van der Waals surface area contributed by atoms with Gasteiger partial charge in [0.2, 0.25) is 0 Å². The van der Waals surface area contributed by atoms with Crippen LogP contribution in [0.4, 0.5) is 0 Å². The molecule has 2 aromatic carbocycles. The number of carboxylic acid groups (broad SMARTS) is 1. The van der Waals surface area contributed by atoms with E-state index in [1.165, 1.54) is 10.5 Å². The van der Waals surface area contributed by atoms with E-state index in [9.17, 15) is 4.79 Å². The summed E-state index contributed by atoms with van der Waals surface area (Å²) >= 11 is 1.67. The van der Waals surface area contributed by atoms with Gasteiger partial charge < -0.3 is 5.11 Å². The van der Waals surface area contributed by atoms with Gasteiger partial charge in [0.15, 0.2) is 0 Å². The van der Waals surface area contributed by atoms with Crippen LogP contribution >= 0.6 is 11.8 Å². The van der Waals surface area contributed by atoms with E-state index in [0.29, 0.717) is 5.56 Å². The molecular weight excluding hydrogens is 244 g/mol. The third kappa shape index (κ3) is 2.74. The molecular formula is C15H14O2S. The molecule has 2 nitrogen and oxygen atoms in total. The maximum Gasteiger partial charge on any atom is 0.335 e. The highest BCUT2D eigenvalue weighted by Gasteiger charge is 2.07. The third-order valence-electron chi connectivity index (χ3n) is 2.74. The lowest BCUT2D eigenvalue weighted by molar-refractivity contribution is 0.0696. The molecule has 0 bridgehead atoms. The van der Waals surface area contributed by atoms with Crippen LogP contribution in [0.2, 0.25) is 0 Å². The quantitative estimate of drug-likeness (QED) is 0.898. The predicted molar refractivity (Wildman–Crippen MR) is 73.4 cm³/mol. The molecule has 0 aliphatic carbocycles. The molecule has 0 radical (unpaired) electrons. The Hall–Kier alpha value is -1.74. The smallest absolute Gasteiger partial charge is 0.335 e. The van der Waals surface area contributed by atoms with Gasteiger partial charge in [-0.1, -0.05) is 30.0 Å². The van der Waals surface area contributed by atoms with Gasteiger partial charge in [-0.2, -0.15) is 0 Å². The molecule has 0 heterocycles. The van der Waals surface area contributed by atoms with Gasteiger partial charge in [-0.05, 0) is 49.2 Å². The summed E-state index contributed by atoms with van der Waals surface area (Å²) < 4.78 is 0. The average molecular weight is 258 g/mol. The number of hydrogen-bond donors (Lipinski definition) is 1. The van der Waals surface area contributed by atoms with Crippen molar-refractivity contribution in [1.29, 1.82) is 0 Å². The molecule has 0 saturated carbocycles. The SMILES string of the molecule is Cc1ccccc1Sc1ccc(C(=O)O)cc1C. The van der Waals surface area contributed by atoms with E-state index >= 15 is 0 Å². The lowest BCUT2D eigenvalue weighted by Crippen LogP contribution is -1.96. The molecule has 92 valence electrons. The Kier molecular flexibility index (Phi) is 3.72. The van der Waals surface area contributed by atoms with Crippen molar-refractivity contribution >= 4 is 17.7 Å². The Labute approximate surface area is 111 Å². The maximum atomic E-state index is 10.9. The van der Waals surface area contributed by atoms with Crippen molar-refractivity contribution in [3.63, 3.8) is 0 Å². The maximum absolute atomic E-state index is 10.9. The Bertz CT molecular complexity index is 591. The molecule has 0 saturated heterocycles. The van der Waals surface area contributed by atoms with E-state index in [-0.39, 0.29) is 0 Å². The highest BCUT2D eigenvalue weighted by atomic mass is 32.2. The van der Waals surface area contributed by atoms with Crippen molar-refractivity contribution in [1.82, 2.24) is 0 Å². The van der Waals surface area contributed by atoms with Crippen molar-refractivity contribution in [2.45, 2.75) is 23.6 Å². The first kappa shape index (κ1) is 12.7. The summed E-state index contributed by atoms with van der Waals surface area (Å²) in [5, 5.41) is 8.93. The number of carboxylic acids is 1. The Morgan fingerprint density at radius 1 is 1.00 bits per heavy atom. The van der Waals surface area contributed by atoms with Crippen LogP contribution in [-0.4, -0.2) is 11.1 Å². The number of rotatable bonds is 3. The number of benzene rings is 2. The summed E-state index contributed by atoms with van der Waals surface area (Å²) in [5.74, 6) is -0.884. The minimum Gasteiger partial charge on any atom is -0.478 e. The molecule has 18 heavy (non-hydrogen) atoms. The van der Waals surface area contributed by atoms with Crippen LogP contribution in [0.3, 0.4) is 0 Å². The van der Waals surface area contributed by atoms with Gasteiger partial charge >= 0.3 is 5.97 Å².